The number of sulfonamides is 1. The lowest BCUT2D eigenvalue weighted by molar-refractivity contribution is -0.384. The summed E-state index contributed by atoms with van der Waals surface area (Å²) in [5, 5.41) is 16.4. The molecule has 1 aliphatic heterocycles. The van der Waals surface area contributed by atoms with Gasteiger partial charge in [-0.3, -0.25) is 15.0 Å². The number of morpholine rings is 1. The van der Waals surface area contributed by atoms with Gasteiger partial charge in [0, 0.05) is 26.2 Å². The minimum absolute atomic E-state index is 0.103. The lowest BCUT2D eigenvalue weighted by atomic mass is 10.2. The number of benzene rings is 1. The number of nitro benzene ring substituents is 1. The van der Waals surface area contributed by atoms with Gasteiger partial charge in [-0.1, -0.05) is 0 Å². The molecule has 26 heavy (non-hydrogen) atoms. The highest BCUT2D eigenvalue weighted by molar-refractivity contribution is 7.89. The first kappa shape index (κ1) is 20.4. The van der Waals surface area contributed by atoms with Crippen molar-refractivity contribution < 1.29 is 26.9 Å². The third-order valence-electron chi connectivity index (χ3n) is 4.24. The van der Waals surface area contributed by atoms with E-state index < -0.39 is 46.3 Å². The van der Waals surface area contributed by atoms with Gasteiger partial charge in [-0.15, -0.1) is 0 Å². The van der Waals surface area contributed by atoms with Crippen molar-refractivity contribution in [1.29, 1.82) is 0 Å². The highest BCUT2D eigenvalue weighted by Gasteiger charge is 2.31. The molecule has 0 saturated carbocycles. The zero-order chi connectivity index (χ0) is 19.5. The van der Waals surface area contributed by atoms with E-state index in [2.05, 4.69) is 0 Å². The number of ether oxygens (including phenoxy) is 1. The van der Waals surface area contributed by atoms with Gasteiger partial charge >= 0.3 is 0 Å². The third kappa shape index (κ3) is 4.44. The molecule has 1 fully saturated rings. The molecule has 1 aliphatic rings. The average Bonchev–Trinajstić information content (AvgIpc) is 2.61. The second-order valence-corrected chi connectivity index (χ2v) is 7.41. The van der Waals surface area contributed by atoms with Crippen LogP contribution in [-0.2, 0) is 14.8 Å². The number of halogens is 2. The molecule has 1 aromatic carbocycles. The van der Waals surface area contributed by atoms with Gasteiger partial charge in [0.15, 0.2) is 0 Å². The standard InChI is InChI=1S/C14H20F2N4O5S/c1-18(14-9-19(4-5-25-14)10(7-15)8-16)12-3-2-11(26(17,23)24)6-13(12)20(21)22/h2-3,6,10,14H,4-5,7-9H2,1H3,(H2,17,23,24). The van der Waals surface area contributed by atoms with Crippen LogP contribution in [0.1, 0.15) is 0 Å². The fraction of sp³-hybridized carbons (Fsp3) is 0.571. The van der Waals surface area contributed by atoms with Gasteiger partial charge in [-0.05, 0) is 12.1 Å². The fourth-order valence-corrected chi connectivity index (χ4v) is 3.27. The fourth-order valence-electron chi connectivity index (χ4n) is 2.73. The molecule has 1 heterocycles. The summed E-state index contributed by atoms with van der Waals surface area (Å²) >= 11 is 0. The Morgan fingerprint density at radius 2 is 2.12 bits per heavy atom. The maximum Gasteiger partial charge on any atom is 0.293 e. The number of likely N-dealkylation sites (N-methyl/N-ethyl adjacent to an activating group) is 1. The van der Waals surface area contributed by atoms with Crippen LogP contribution in [0, 0.1) is 10.1 Å². The van der Waals surface area contributed by atoms with Gasteiger partial charge in [0.05, 0.1) is 22.5 Å². The third-order valence-corrected chi connectivity index (χ3v) is 5.15. The van der Waals surface area contributed by atoms with Crippen LogP contribution in [0.15, 0.2) is 23.1 Å². The number of nitrogens with two attached hydrogens (primary N) is 1. The summed E-state index contributed by atoms with van der Waals surface area (Å²) in [4.78, 5) is 13.2. The van der Waals surface area contributed by atoms with Crippen LogP contribution in [-0.4, -0.2) is 70.6 Å². The first-order valence-corrected chi connectivity index (χ1v) is 9.25. The molecule has 12 heteroatoms. The number of nitrogens with zero attached hydrogens (tertiary/aromatic N) is 3. The Hall–Kier alpha value is -1.89. The van der Waals surface area contributed by atoms with E-state index in [1.807, 2.05) is 0 Å². The minimum Gasteiger partial charge on any atom is -0.356 e. The van der Waals surface area contributed by atoms with Gasteiger partial charge in [0.2, 0.25) is 10.0 Å². The Kier molecular flexibility index (Phi) is 6.44. The topological polar surface area (TPSA) is 119 Å². The number of hydrogen-bond acceptors (Lipinski definition) is 7. The predicted molar refractivity (Wildman–Crippen MR) is 89.9 cm³/mol. The predicted octanol–water partition coefficient (Wildman–Crippen LogP) is 0.644. The number of primary sulfonamides is 1. The lowest BCUT2D eigenvalue weighted by Gasteiger charge is -2.40. The zero-order valence-electron chi connectivity index (χ0n) is 14.0. The van der Waals surface area contributed by atoms with Crippen molar-refractivity contribution in [3.05, 3.63) is 28.3 Å². The number of nitro groups is 1. The van der Waals surface area contributed by atoms with E-state index in [0.29, 0.717) is 6.54 Å². The second kappa shape index (κ2) is 8.20. The zero-order valence-corrected chi connectivity index (χ0v) is 14.9. The van der Waals surface area contributed by atoms with Crippen LogP contribution >= 0.6 is 0 Å². The molecule has 0 aromatic heterocycles. The Labute approximate surface area is 149 Å². The number of hydrogen-bond donors (Lipinski definition) is 1. The molecule has 0 bridgehead atoms. The van der Waals surface area contributed by atoms with Crippen LogP contribution in [0.5, 0.6) is 0 Å². The van der Waals surface area contributed by atoms with Gasteiger partial charge in [-0.2, -0.15) is 0 Å². The molecule has 0 aliphatic carbocycles. The summed E-state index contributed by atoms with van der Waals surface area (Å²) < 4.78 is 54.2. The summed E-state index contributed by atoms with van der Waals surface area (Å²) in [5.41, 5.74) is -0.362. The number of alkyl halides is 2. The van der Waals surface area contributed by atoms with Gasteiger partial charge in [0.25, 0.3) is 5.69 Å². The maximum absolute atomic E-state index is 12.9. The Balaban J connectivity index is 2.31. The molecule has 1 atom stereocenters. The highest BCUT2D eigenvalue weighted by Crippen LogP contribution is 2.32. The molecule has 0 amide bonds. The molecular weight excluding hydrogens is 374 g/mol. The SMILES string of the molecule is CN(c1ccc(S(N)(=O)=O)cc1[N+](=O)[O-])C1CN(C(CF)CF)CCO1. The maximum atomic E-state index is 12.9. The van der Waals surface area contributed by atoms with Crippen LogP contribution in [0.25, 0.3) is 0 Å². The van der Waals surface area contributed by atoms with E-state index in [-0.39, 0.29) is 23.7 Å². The number of anilines is 1. The van der Waals surface area contributed by atoms with E-state index >= 15 is 0 Å². The molecule has 1 unspecified atom stereocenters. The lowest BCUT2D eigenvalue weighted by Crippen LogP contribution is -2.54. The monoisotopic (exact) mass is 394 g/mol. The van der Waals surface area contributed by atoms with Crippen molar-refractivity contribution in [2.24, 2.45) is 5.14 Å². The number of rotatable bonds is 7. The van der Waals surface area contributed by atoms with Crippen LogP contribution in [0.2, 0.25) is 0 Å². The molecule has 9 nitrogen and oxygen atoms in total. The van der Waals surface area contributed by atoms with Crippen molar-refractivity contribution in [1.82, 2.24) is 4.90 Å². The van der Waals surface area contributed by atoms with E-state index in [1.165, 1.54) is 18.0 Å². The molecule has 1 saturated heterocycles. The van der Waals surface area contributed by atoms with Gasteiger partial charge in [0.1, 0.15) is 25.3 Å². The Bertz CT molecular complexity index is 760. The molecule has 0 spiro atoms. The quantitative estimate of drug-likeness (QED) is 0.532. The summed E-state index contributed by atoms with van der Waals surface area (Å²) in [5.74, 6) is 0. The highest BCUT2D eigenvalue weighted by atomic mass is 32.2. The van der Waals surface area contributed by atoms with Crippen molar-refractivity contribution in [3.63, 3.8) is 0 Å². The van der Waals surface area contributed by atoms with Crippen molar-refractivity contribution in [2.75, 3.05) is 45.0 Å². The van der Waals surface area contributed by atoms with Crippen LogP contribution in [0.4, 0.5) is 20.2 Å². The smallest absolute Gasteiger partial charge is 0.293 e. The Morgan fingerprint density at radius 3 is 2.65 bits per heavy atom. The first-order valence-electron chi connectivity index (χ1n) is 7.70. The molecule has 2 rings (SSSR count). The summed E-state index contributed by atoms with van der Waals surface area (Å²) in [6.45, 7) is -1.01. The van der Waals surface area contributed by atoms with Crippen molar-refractivity contribution in [2.45, 2.75) is 17.2 Å². The second-order valence-electron chi connectivity index (χ2n) is 5.85. The summed E-state index contributed by atoms with van der Waals surface area (Å²) in [7, 11) is -2.58. The van der Waals surface area contributed by atoms with Crippen LogP contribution < -0.4 is 10.0 Å². The molecular formula is C14H20F2N4O5S. The van der Waals surface area contributed by atoms with Gasteiger partial charge < -0.3 is 9.64 Å². The first-order chi connectivity index (χ1) is 12.2. The largest absolute Gasteiger partial charge is 0.356 e. The van der Waals surface area contributed by atoms with E-state index in [9.17, 15) is 27.3 Å². The van der Waals surface area contributed by atoms with Crippen molar-refractivity contribution >= 4 is 21.4 Å². The van der Waals surface area contributed by atoms with E-state index in [4.69, 9.17) is 9.88 Å². The molecule has 2 N–H and O–H groups in total. The normalized spacial score (nSPS) is 18.9. The van der Waals surface area contributed by atoms with E-state index in [1.54, 1.807) is 4.90 Å². The van der Waals surface area contributed by atoms with E-state index in [0.717, 1.165) is 12.1 Å². The Morgan fingerprint density at radius 1 is 1.46 bits per heavy atom. The van der Waals surface area contributed by atoms with Crippen molar-refractivity contribution in [3.8, 4) is 0 Å². The molecule has 146 valence electrons. The molecule has 0 radical (unpaired) electrons. The summed E-state index contributed by atoms with van der Waals surface area (Å²) in [6, 6.07) is 2.38. The van der Waals surface area contributed by atoms with Gasteiger partial charge in [-0.25, -0.2) is 22.3 Å². The van der Waals surface area contributed by atoms with Crippen LogP contribution in [0.3, 0.4) is 0 Å². The molecule has 1 aromatic rings. The minimum atomic E-state index is -4.10. The summed E-state index contributed by atoms with van der Waals surface area (Å²) in [6.07, 6.45) is -0.691. The average molecular weight is 394 g/mol.